The van der Waals surface area contributed by atoms with E-state index >= 15 is 0 Å². The minimum absolute atomic E-state index is 0.0103. The number of hydrogen-bond donors (Lipinski definition) is 0. The van der Waals surface area contributed by atoms with Crippen molar-refractivity contribution in [2.75, 3.05) is 6.61 Å². The molecule has 0 bridgehead atoms. The Labute approximate surface area is 138 Å². The molecule has 1 aliphatic carbocycles. The number of hydrogen-bond acceptors (Lipinski definition) is 3. The van der Waals surface area contributed by atoms with Crippen molar-refractivity contribution in [1.82, 2.24) is 9.88 Å². The molecule has 1 aromatic heterocycles. The van der Waals surface area contributed by atoms with Gasteiger partial charge in [-0.25, -0.2) is 0 Å². The molecule has 114 valence electrons. The van der Waals surface area contributed by atoms with E-state index in [2.05, 4.69) is 20.9 Å². The molecule has 0 aliphatic heterocycles. The number of aromatic nitrogens is 1. The molecule has 1 aromatic carbocycles. The van der Waals surface area contributed by atoms with E-state index in [1.54, 1.807) is 6.20 Å². The second kappa shape index (κ2) is 6.92. The van der Waals surface area contributed by atoms with Crippen molar-refractivity contribution in [3.05, 3.63) is 58.8 Å². The molecule has 4 nitrogen and oxygen atoms in total. The number of carbonyl (C=O) groups is 1. The van der Waals surface area contributed by atoms with Crippen molar-refractivity contribution >= 4 is 21.8 Å². The molecule has 0 radical (unpaired) electrons. The zero-order valence-corrected chi connectivity index (χ0v) is 13.7. The summed E-state index contributed by atoms with van der Waals surface area (Å²) in [6.07, 6.45) is 3.89. The zero-order chi connectivity index (χ0) is 15.4. The average Bonchev–Trinajstić information content (AvgIpc) is 3.37. The largest absolute Gasteiger partial charge is 0.484 e. The molecule has 1 heterocycles. The average molecular weight is 361 g/mol. The van der Waals surface area contributed by atoms with Crippen LogP contribution >= 0.6 is 15.9 Å². The minimum Gasteiger partial charge on any atom is -0.484 e. The quantitative estimate of drug-likeness (QED) is 0.792. The predicted octanol–water partition coefficient (Wildman–Crippen LogP) is 3.41. The maximum atomic E-state index is 12.4. The summed E-state index contributed by atoms with van der Waals surface area (Å²) in [6.45, 7) is 0.610. The first-order valence-electron chi connectivity index (χ1n) is 7.30. The second-order valence-electron chi connectivity index (χ2n) is 5.32. The smallest absolute Gasteiger partial charge is 0.261 e. The van der Waals surface area contributed by atoms with E-state index < -0.39 is 0 Å². The van der Waals surface area contributed by atoms with Gasteiger partial charge in [0.1, 0.15) is 5.75 Å². The number of pyridine rings is 1. The Hall–Kier alpha value is -1.88. The van der Waals surface area contributed by atoms with Crippen molar-refractivity contribution in [3.63, 3.8) is 0 Å². The highest BCUT2D eigenvalue weighted by molar-refractivity contribution is 9.10. The molecule has 1 aliphatic rings. The zero-order valence-electron chi connectivity index (χ0n) is 12.1. The number of benzene rings is 1. The number of nitrogens with zero attached hydrogens (tertiary/aromatic N) is 2. The van der Waals surface area contributed by atoms with Crippen molar-refractivity contribution in [1.29, 1.82) is 0 Å². The van der Waals surface area contributed by atoms with Gasteiger partial charge in [-0.15, -0.1) is 0 Å². The van der Waals surface area contributed by atoms with Gasteiger partial charge in [-0.05, 0) is 49.2 Å². The molecule has 0 saturated heterocycles. The topological polar surface area (TPSA) is 42.4 Å². The SMILES string of the molecule is O=C(COc1ccc(Br)cc1)N(Cc1ccccn1)C1CC1. The van der Waals surface area contributed by atoms with Gasteiger partial charge in [0.05, 0.1) is 12.2 Å². The van der Waals surface area contributed by atoms with Crippen LogP contribution in [0.4, 0.5) is 0 Å². The summed E-state index contributed by atoms with van der Waals surface area (Å²) in [5.41, 5.74) is 0.909. The summed E-state index contributed by atoms with van der Waals surface area (Å²) in [4.78, 5) is 18.6. The van der Waals surface area contributed by atoms with Gasteiger partial charge in [0.15, 0.2) is 6.61 Å². The summed E-state index contributed by atoms with van der Waals surface area (Å²) in [5, 5.41) is 0. The monoisotopic (exact) mass is 360 g/mol. The van der Waals surface area contributed by atoms with Crippen LogP contribution in [0.15, 0.2) is 53.1 Å². The standard InChI is InChI=1S/C17H17BrN2O2/c18-13-4-8-16(9-5-13)22-12-17(21)20(15-6-7-15)11-14-3-1-2-10-19-14/h1-5,8-10,15H,6-7,11-12H2. The lowest BCUT2D eigenvalue weighted by atomic mass is 10.3. The first kappa shape index (κ1) is 15.0. The number of ether oxygens (including phenoxy) is 1. The van der Waals surface area contributed by atoms with Gasteiger partial charge in [0.25, 0.3) is 5.91 Å². The molecule has 1 saturated carbocycles. The van der Waals surface area contributed by atoms with E-state index in [0.29, 0.717) is 18.3 Å². The number of rotatable bonds is 6. The van der Waals surface area contributed by atoms with Crippen molar-refractivity contribution in [2.45, 2.75) is 25.4 Å². The summed E-state index contributed by atoms with van der Waals surface area (Å²) in [6, 6.07) is 13.6. The van der Waals surface area contributed by atoms with Gasteiger partial charge in [0, 0.05) is 16.7 Å². The molecule has 2 aromatic rings. The fourth-order valence-corrected chi connectivity index (χ4v) is 2.50. The Morgan fingerprint density at radius 3 is 2.64 bits per heavy atom. The summed E-state index contributed by atoms with van der Waals surface area (Å²) in [5.74, 6) is 0.709. The molecule has 5 heteroatoms. The van der Waals surface area contributed by atoms with Gasteiger partial charge in [0.2, 0.25) is 0 Å². The predicted molar refractivity (Wildman–Crippen MR) is 87.4 cm³/mol. The number of carbonyl (C=O) groups excluding carboxylic acids is 1. The molecule has 0 N–H and O–H groups in total. The molecule has 3 rings (SSSR count). The fraction of sp³-hybridized carbons (Fsp3) is 0.294. The van der Waals surface area contributed by atoms with E-state index in [9.17, 15) is 4.79 Å². The Kier molecular flexibility index (Phi) is 4.73. The third-order valence-corrected chi connectivity index (χ3v) is 4.07. The lowest BCUT2D eigenvalue weighted by Crippen LogP contribution is -2.36. The maximum absolute atomic E-state index is 12.4. The Bertz CT molecular complexity index is 627. The van der Waals surface area contributed by atoms with Gasteiger partial charge in [-0.1, -0.05) is 22.0 Å². The lowest BCUT2D eigenvalue weighted by Gasteiger charge is -2.22. The second-order valence-corrected chi connectivity index (χ2v) is 6.23. The number of halogens is 1. The van der Waals surface area contributed by atoms with Gasteiger partial charge in [-0.3, -0.25) is 9.78 Å². The van der Waals surface area contributed by atoms with E-state index in [-0.39, 0.29) is 12.5 Å². The Morgan fingerprint density at radius 1 is 1.23 bits per heavy atom. The highest BCUT2D eigenvalue weighted by atomic mass is 79.9. The minimum atomic E-state index is 0.0103. The van der Waals surface area contributed by atoms with Crippen molar-refractivity contribution in [2.24, 2.45) is 0 Å². The van der Waals surface area contributed by atoms with Crippen molar-refractivity contribution in [3.8, 4) is 5.75 Å². The van der Waals surface area contributed by atoms with Crippen molar-refractivity contribution < 1.29 is 9.53 Å². The molecule has 1 amide bonds. The fourth-order valence-electron chi connectivity index (χ4n) is 2.23. The molecule has 22 heavy (non-hydrogen) atoms. The highest BCUT2D eigenvalue weighted by Crippen LogP contribution is 2.28. The lowest BCUT2D eigenvalue weighted by molar-refractivity contribution is -0.134. The third-order valence-electron chi connectivity index (χ3n) is 3.54. The van der Waals surface area contributed by atoms with Crippen LogP contribution in [0, 0.1) is 0 Å². The van der Waals surface area contributed by atoms with Gasteiger partial charge < -0.3 is 9.64 Å². The molecule has 1 fully saturated rings. The van der Waals surface area contributed by atoms with Gasteiger partial charge >= 0.3 is 0 Å². The van der Waals surface area contributed by atoms with Crippen LogP contribution in [0.1, 0.15) is 18.5 Å². The summed E-state index contributed by atoms with van der Waals surface area (Å²) >= 11 is 3.38. The van der Waals surface area contributed by atoms with E-state index in [1.165, 1.54) is 0 Å². The van der Waals surface area contributed by atoms with Gasteiger partial charge in [-0.2, -0.15) is 0 Å². The molecule has 0 atom stereocenters. The van der Waals surface area contributed by atoms with Crippen LogP contribution in [0.25, 0.3) is 0 Å². The first-order valence-corrected chi connectivity index (χ1v) is 8.09. The maximum Gasteiger partial charge on any atom is 0.261 e. The Balaban J connectivity index is 1.59. The molecular formula is C17H17BrN2O2. The van der Waals surface area contributed by atoms with Crippen LogP contribution in [0.3, 0.4) is 0 Å². The third kappa shape index (κ3) is 4.07. The van der Waals surface area contributed by atoms with Crippen LogP contribution in [0.5, 0.6) is 5.75 Å². The molecular weight excluding hydrogens is 344 g/mol. The molecule has 0 unspecified atom stereocenters. The first-order chi connectivity index (χ1) is 10.7. The molecule has 0 spiro atoms. The highest BCUT2D eigenvalue weighted by Gasteiger charge is 2.32. The normalized spacial score (nSPS) is 13.7. The Morgan fingerprint density at radius 2 is 2.00 bits per heavy atom. The van der Waals surface area contributed by atoms with E-state index in [0.717, 1.165) is 23.0 Å². The van der Waals surface area contributed by atoms with E-state index in [1.807, 2.05) is 47.4 Å². The van der Waals surface area contributed by atoms with Crippen LogP contribution in [-0.2, 0) is 11.3 Å². The number of amides is 1. The summed E-state index contributed by atoms with van der Waals surface area (Å²) < 4.78 is 6.57. The van der Waals surface area contributed by atoms with Crippen LogP contribution < -0.4 is 4.74 Å². The summed E-state index contributed by atoms with van der Waals surface area (Å²) in [7, 11) is 0. The van der Waals surface area contributed by atoms with Crippen LogP contribution in [-0.4, -0.2) is 28.4 Å². The van der Waals surface area contributed by atoms with Crippen LogP contribution in [0.2, 0.25) is 0 Å². The van der Waals surface area contributed by atoms with E-state index in [4.69, 9.17) is 4.74 Å².